The molecule has 1 saturated heterocycles. The first-order valence-electron chi connectivity index (χ1n) is 12.0. The molecule has 1 fully saturated rings. The highest BCUT2D eigenvalue weighted by Gasteiger charge is 2.38. The van der Waals surface area contributed by atoms with Gasteiger partial charge in [0.2, 0.25) is 21.2 Å². The summed E-state index contributed by atoms with van der Waals surface area (Å²) in [6.45, 7) is 1.27. The Bertz CT molecular complexity index is 1460. The van der Waals surface area contributed by atoms with Gasteiger partial charge in [-0.25, -0.2) is 18.4 Å². The van der Waals surface area contributed by atoms with E-state index in [1.807, 2.05) is 12.1 Å². The van der Waals surface area contributed by atoms with Gasteiger partial charge in [-0.2, -0.15) is 4.31 Å². The molecule has 0 saturated carbocycles. The molecule has 3 aromatic rings. The van der Waals surface area contributed by atoms with Gasteiger partial charge < -0.3 is 15.0 Å². The lowest BCUT2D eigenvalue weighted by molar-refractivity contribution is -0.120. The minimum absolute atomic E-state index is 0.0605. The summed E-state index contributed by atoms with van der Waals surface area (Å²) in [5.41, 5.74) is 1.88. The molecule has 1 N–H and O–H groups in total. The highest BCUT2D eigenvalue weighted by atomic mass is 35.5. The van der Waals surface area contributed by atoms with Crippen LogP contribution in [0.1, 0.15) is 36.0 Å². The van der Waals surface area contributed by atoms with E-state index in [-0.39, 0.29) is 22.6 Å². The number of amides is 2. The van der Waals surface area contributed by atoms with Crippen LogP contribution >= 0.6 is 11.6 Å². The summed E-state index contributed by atoms with van der Waals surface area (Å²) in [7, 11) is -2.39. The number of carbonyl (C=O) groups excluding carboxylic acids is 2. The lowest BCUT2D eigenvalue weighted by Gasteiger charge is -2.33. The Hall–Kier alpha value is -3.12. The van der Waals surface area contributed by atoms with Gasteiger partial charge in [-0.05, 0) is 49.1 Å². The Balaban J connectivity index is 1.44. The van der Waals surface area contributed by atoms with Crippen LogP contribution in [-0.2, 0) is 19.6 Å². The minimum atomic E-state index is -4.01. The molecule has 194 valence electrons. The number of ether oxygens (including phenoxy) is 1. The van der Waals surface area contributed by atoms with Gasteiger partial charge in [-0.1, -0.05) is 18.6 Å². The monoisotopic (exact) mass is 543 g/mol. The fourth-order valence-corrected chi connectivity index (χ4v) is 6.63. The molecule has 2 aliphatic heterocycles. The second kappa shape index (κ2) is 10.3. The van der Waals surface area contributed by atoms with Crippen molar-refractivity contribution in [3.05, 3.63) is 53.6 Å². The van der Waals surface area contributed by atoms with Crippen LogP contribution < -0.4 is 10.2 Å². The lowest BCUT2D eigenvalue weighted by atomic mass is 10.0. The van der Waals surface area contributed by atoms with E-state index >= 15 is 0 Å². The molecule has 0 spiro atoms. The van der Waals surface area contributed by atoms with Crippen molar-refractivity contribution in [3.8, 4) is 0 Å². The highest BCUT2D eigenvalue weighted by molar-refractivity contribution is 7.89. The molecule has 0 radical (unpaired) electrons. The fraction of sp³-hybridized carbons (Fsp3) is 0.360. The van der Waals surface area contributed by atoms with Crippen molar-refractivity contribution in [1.82, 2.24) is 14.3 Å². The Morgan fingerprint density at radius 1 is 1.19 bits per heavy atom. The number of aromatic nitrogens is 2. The van der Waals surface area contributed by atoms with Gasteiger partial charge in [0.05, 0.1) is 18.1 Å². The summed E-state index contributed by atoms with van der Waals surface area (Å²) in [4.78, 5) is 35.7. The Morgan fingerprint density at radius 2 is 1.97 bits per heavy atom. The number of hydrogen-bond acceptors (Lipinski definition) is 7. The molecule has 1 atom stereocenters. The molecule has 5 rings (SSSR count). The number of carbonyl (C=O) groups is 2. The van der Waals surface area contributed by atoms with Gasteiger partial charge in [0.25, 0.3) is 5.91 Å². The molecule has 12 heteroatoms. The van der Waals surface area contributed by atoms with Crippen molar-refractivity contribution in [1.29, 1.82) is 0 Å². The molecule has 10 nitrogen and oxygen atoms in total. The summed E-state index contributed by atoms with van der Waals surface area (Å²) in [5.74, 6) is -0.518. The van der Waals surface area contributed by atoms with Crippen molar-refractivity contribution in [2.45, 2.75) is 36.6 Å². The van der Waals surface area contributed by atoms with Crippen LogP contribution in [-0.4, -0.2) is 67.4 Å². The Kier molecular flexibility index (Phi) is 7.13. The number of rotatable bonds is 8. The normalized spacial score (nSPS) is 17.9. The number of hydrogen-bond donors (Lipinski definition) is 1. The number of nitrogens with zero attached hydrogens (tertiary/aromatic N) is 4. The average molecular weight is 544 g/mol. The van der Waals surface area contributed by atoms with Gasteiger partial charge >= 0.3 is 0 Å². The summed E-state index contributed by atoms with van der Waals surface area (Å²) >= 11 is 5.72. The SMILES string of the molecule is COCCCN1C(=O)c2cccc3c(NC(=O)C4CCCCN4S(=O)(=O)c4cnc(Cl)nc4)ccc1c23. The summed E-state index contributed by atoms with van der Waals surface area (Å²) < 4.78 is 33.0. The van der Waals surface area contributed by atoms with Crippen LogP contribution in [0.15, 0.2) is 47.6 Å². The van der Waals surface area contributed by atoms with E-state index < -0.39 is 22.0 Å². The standard InChI is InChI=1S/C25H26ClN5O5S/c1-36-13-5-11-30-20-10-9-19(17-6-4-7-18(22(17)20)24(30)33)29-23(32)21-8-2-3-12-31(21)37(34,35)16-14-27-25(26)28-15-16/h4,6-7,9-10,14-15,21H,2-3,5,8,11-13H2,1H3,(H,29,32). The van der Waals surface area contributed by atoms with Gasteiger partial charge in [-0.15, -0.1) is 0 Å². The molecule has 0 aliphatic carbocycles. The van der Waals surface area contributed by atoms with Crippen LogP contribution in [0.2, 0.25) is 5.28 Å². The maximum Gasteiger partial charge on any atom is 0.258 e. The number of methoxy groups -OCH3 is 1. The van der Waals surface area contributed by atoms with Crippen LogP contribution in [0.4, 0.5) is 11.4 Å². The van der Waals surface area contributed by atoms with Gasteiger partial charge in [0.1, 0.15) is 10.9 Å². The van der Waals surface area contributed by atoms with Crippen LogP contribution in [0.5, 0.6) is 0 Å². The molecule has 3 heterocycles. The third-order valence-corrected chi connectivity index (χ3v) is 8.79. The Labute approximate surface area is 219 Å². The van der Waals surface area contributed by atoms with Gasteiger partial charge in [0, 0.05) is 48.8 Å². The van der Waals surface area contributed by atoms with Crippen LogP contribution in [0.25, 0.3) is 10.8 Å². The topological polar surface area (TPSA) is 122 Å². The van der Waals surface area contributed by atoms with Crippen molar-refractivity contribution in [2.24, 2.45) is 0 Å². The van der Waals surface area contributed by atoms with E-state index in [1.54, 1.807) is 30.2 Å². The van der Waals surface area contributed by atoms with Crippen molar-refractivity contribution in [2.75, 3.05) is 37.0 Å². The molecule has 2 aliphatic rings. The quantitative estimate of drug-likeness (QED) is 0.341. The zero-order valence-corrected chi connectivity index (χ0v) is 21.8. The second-order valence-corrected chi connectivity index (χ2v) is 11.2. The van der Waals surface area contributed by atoms with E-state index in [2.05, 4.69) is 15.3 Å². The number of piperidine rings is 1. The summed E-state index contributed by atoms with van der Waals surface area (Å²) in [6.07, 6.45) is 4.72. The zero-order valence-electron chi connectivity index (χ0n) is 20.2. The molecule has 1 aromatic heterocycles. The molecule has 0 bridgehead atoms. The van der Waals surface area contributed by atoms with E-state index in [0.717, 1.165) is 35.3 Å². The van der Waals surface area contributed by atoms with Crippen molar-refractivity contribution in [3.63, 3.8) is 0 Å². The lowest BCUT2D eigenvalue weighted by Crippen LogP contribution is -2.49. The number of anilines is 2. The third-order valence-electron chi connectivity index (χ3n) is 6.73. The van der Waals surface area contributed by atoms with Gasteiger partial charge in [-0.3, -0.25) is 9.59 Å². The molecule has 2 amide bonds. The van der Waals surface area contributed by atoms with E-state index in [4.69, 9.17) is 16.3 Å². The largest absolute Gasteiger partial charge is 0.385 e. The fourth-order valence-electron chi connectivity index (χ4n) is 4.98. The third kappa shape index (κ3) is 4.68. The predicted octanol–water partition coefficient (Wildman–Crippen LogP) is 3.46. The van der Waals surface area contributed by atoms with Crippen LogP contribution in [0, 0.1) is 0 Å². The first-order valence-corrected chi connectivity index (χ1v) is 13.8. The zero-order chi connectivity index (χ0) is 26.2. The highest BCUT2D eigenvalue weighted by Crippen LogP contribution is 2.41. The van der Waals surface area contributed by atoms with E-state index in [9.17, 15) is 18.0 Å². The molecular weight excluding hydrogens is 518 g/mol. The number of sulfonamides is 1. The van der Waals surface area contributed by atoms with E-state index in [1.165, 1.54) is 4.31 Å². The first kappa shape index (κ1) is 25.5. The maximum absolute atomic E-state index is 13.5. The number of halogens is 1. The summed E-state index contributed by atoms with van der Waals surface area (Å²) in [6, 6.07) is 8.09. The second-order valence-electron chi connectivity index (χ2n) is 8.97. The van der Waals surface area contributed by atoms with Crippen molar-refractivity contribution >= 4 is 55.6 Å². The minimum Gasteiger partial charge on any atom is -0.385 e. The average Bonchev–Trinajstić information content (AvgIpc) is 3.18. The molecular formula is C25H26ClN5O5S. The predicted molar refractivity (Wildman–Crippen MR) is 139 cm³/mol. The first-order chi connectivity index (χ1) is 17.8. The number of benzene rings is 2. The maximum atomic E-state index is 13.5. The molecule has 1 unspecified atom stereocenters. The summed E-state index contributed by atoms with van der Waals surface area (Å²) in [5, 5.41) is 4.37. The molecule has 2 aromatic carbocycles. The van der Waals surface area contributed by atoms with E-state index in [0.29, 0.717) is 43.7 Å². The molecule has 37 heavy (non-hydrogen) atoms. The van der Waals surface area contributed by atoms with Gasteiger partial charge in [0.15, 0.2) is 0 Å². The van der Waals surface area contributed by atoms with Crippen molar-refractivity contribution < 1.29 is 22.7 Å². The van der Waals surface area contributed by atoms with Crippen LogP contribution in [0.3, 0.4) is 0 Å². The smallest absolute Gasteiger partial charge is 0.258 e. The number of nitrogens with one attached hydrogen (secondary N) is 1. The Morgan fingerprint density at radius 3 is 2.73 bits per heavy atom.